The number of phenolic OH excluding ortho intramolecular Hbond substituents is 1. The third-order valence-electron chi connectivity index (χ3n) is 5.03. The number of benzene rings is 2. The highest BCUT2D eigenvalue weighted by molar-refractivity contribution is 5.95. The van der Waals surface area contributed by atoms with Gasteiger partial charge in [-0.25, -0.2) is 0 Å². The summed E-state index contributed by atoms with van der Waals surface area (Å²) in [7, 11) is 0. The number of carbonyl (C=O) groups excluding carboxylic acids is 2. The number of rotatable bonds is 5. The Labute approximate surface area is 159 Å². The summed E-state index contributed by atoms with van der Waals surface area (Å²) in [5, 5.41) is 15.5. The van der Waals surface area contributed by atoms with Gasteiger partial charge in [0.1, 0.15) is 5.75 Å². The lowest BCUT2D eigenvalue weighted by atomic mass is 9.94. The fourth-order valence-electron chi connectivity index (χ4n) is 3.30. The number of nitrogens with one attached hydrogen (secondary N) is 2. The van der Waals surface area contributed by atoms with Crippen molar-refractivity contribution in [1.29, 1.82) is 0 Å². The zero-order chi connectivity index (χ0) is 19.2. The van der Waals surface area contributed by atoms with Gasteiger partial charge in [0.05, 0.1) is 11.7 Å². The normalized spacial score (nSPS) is 16.5. The number of amides is 2. The average molecular weight is 367 g/mol. The second-order valence-electron chi connectivity index (χ2n) is 6.85. The molecule has 142 valence electrons. The molecule has 6 heteroatoms. The molecular weight excluding hydrogens is 342 g/mol. The quantitative estimate of drug-likeness (QED) is 0.710. The van der Waals surface area contributed by atoms with E-state index < -0.39 is 0 Å². The number of piperidine rings is 1. The van der Waals surface area contributed by atoms with Gasteiger partial charge in [-0.15, -0.1) is 0 Å². The van der Waals surface area contributed by atoms with Crippen molar-refractivity contribution in [1.82, 2.24) is 4.90 Å². The Morgan fingerprint density at radius 1 is 1.00 bits per heavy atom. The third-order valence-corrected chi connectivity index (χ3v) is 5.03. The van der Waals surface area contributed by atoms with Crippen LogP contribution in [0.3, 0.4) is 0 Å². The Morgan fingerprint density at radius 3 is 2.30 bits per heavy atom. The largest absolute Gasteiger partial charge is 0.506 e. The predicted octanol–water partition coefficient (Wildman–Crippen LogP) is 3.07. The van der Waals surface area contributed by atoms with E-state index in [0.717, 1.165) is 5.69 Å². The van der Waals surface area contributed by atoms with Crippen LogP contribution in [-0.2, 0) is 9.59 Å². The second kappa shape index (κ2) is 8.68. The lowest BCUT2D eigenvalue weighted by Crippen LogP contribution is -2.47. The standard InChI is InChI=1S/C21H25N3O3/c1-15(20(26)22-17-7-3-2-4-8-17)24-13-11-16(12-14-24)21(27)23-18-9-5-6-10-19(18)25/h2-10,15-16,25H,11-14H2,1H3,(H,22,26)(H,23,27). The summed E-state index contributed by atoms with van der Waals surface area (Å²) in [4.78, 5) is 27.0. The van der Waals surface area contributed by atoms with Crippen LogP contribution in [0.1, 0.15) is 19.8 Å². The zero-order valence-electron chi connectivity index (χ0n) is 15.4. The number of hydrogen-bond acceptors (Lipinski definition) is 4. The molecule has 0 bridgehead atoms. The molecule has 2 aromatic carbocycles. The summed E-state index contributed by atoms with van der Waals surface area (Å²) in [6, 6.07) is 15.8. The molecule has 2 aromatic rings. The molecule has 1 fully saturated rings. The first kappa shape index (κ1) is 18.9. The van der Waals surface area contributed by atoms with Crippen LogP contribution in [0, 0.1) is 5.92 Å². The van der Waals surface area contributed by atoms with E-state index in [4.69, 9.17) is 0 Å². The highest BCUT2D eigenvalue weighted by atomic mass is 16.3. The summed E-state index contributed by atoms with van der Waals surface area (Å²) in [5.41, 5.74) is 1.21. The Hall–Kier alpha value is -2.86. The molecular formula is C21H25N3O3. The van der Waals surface area contributed by atoms with E-state index in [1.807, 2.05) is 37.3 Å². The number of anilines is 2. The smallest absolute Gasteiger partial charge is 0.241 e. The van der Waals surface area contributed by atoms with Crippen molar-refractivity contribution in [3.8, 4) is 5.75 Å². The van der Waals surface area contributed by atoms with Gasteiger partial charge in [-0.1, -0.05) is 30.3 Å². The van der Waals surface area contributed by atoms with Crippen LogP contribution in [-0.4, -0.2) is 41.0 Å². The number of phenols is 1. The highest BCUT2D eigenvalue weighted by Crippen LogP contribution is 2.25. The van der Waals surface area contributed by atoms with Gasteiger partial charge in [-0.3, -0.25) is 14.5 Å². The van der Waals surface area contributed by atoms with E-state index in [1.54, 1.807) is 24.3 Å². The van der Waals surface area contributed by atoms with E-state index in [0.29, 0.717) is 31.6 Å². The lowest BCUT2D eigenvalue weighted by molar-refractivity contribution is -0.123. The van der Waals surface area contributed by atoms with Gasteiger partial charge in [-0.2, -0.15) is 0 Å². The van der Waals surface area contributed by atoms with E-state index in [-0.39, 0.29) is 29.5 Å². The van der Waals surface area contributed by atoms with Gasteiger partial charge in [0.15, 0.2) is 0 Å². The summed E-state index contributed by atoms with van der Waals surface area (Å²) in [6.45, 7) is 3.26. The summed E-state index contributed by atoms with van der Waals surface area (Å²) >= 11 is 0. The van der Waals surface area contributed by atoms with Gasteiger partial charge >= 0.3 is 0 Å². The van der Waals surface area contributed by atoms with Crippen molar-refractivity contribution in [2.45, 2.75) is 25.8 Å². The minimum Gasteiger partial charge on any atom is -0.506 e. The van der Waals surface area contributed by atoms with Crippen LogP contribution in [0.4, 0.5) is 11.4 Å². The van der Waals surface area contributed by atoms with Gasteiger partial charge in [0.2, 0.25) is 11.8 Å². The fourth-order valence-corrected chi connectivity index (χ4v) is 3.30. The summed E-state index contributed by atoms with van der Waals surface area (Å²) in [6.07, 6.45) is 1.37. The second-order valence-corrected chi connectivity index (χ2v) is 6.85. The molecule has 2 amide bonds. The molecule has 0 aliphatic carbocycles. The Kier molecular flexibility index (Phi) is 6.08. The predicted molar refractivity (Wildman–Crippen MR) is 106 cm³/mol. The molecule has 27 heavy (non-hydrogen) atoms. The minimum atomic E-state index is -0.257. The topological polar surface area (TPSA) is 81.7 Å². The van der Waals surface area contributed by atoms with Crippen LogP contribution >= 0.6 is 0 Å². The van der Waals surface area contributed by atoms with Gasteiger partial charge in [-0.05, 0) is 57.1 Å². The first-order chi connectivity index (χ1) is 13.0. The van der Waals surface area contributed by atoms with Gasteiger partial charge in [0.25, 0.3) is 0 Å². The molecule has 0 saturated carbocycles. The summed E-state index contributed by atoms with van der Waals surface area (Å²) in [5.74, 6) is -0.185. The molecule has 1 saturated heterocycles. The minimum absolute atomic E-state index is 0.0432. The Morgan fingerprint density at radius 2 is 1.63 bits per heavy atom. The third kappa shape index (κ3) is 4.86. The number of aromatic hydroxyl groups is 1. The molecule has 1 aliphatic rings. The summed E-state index contributed by atoms with van der Waals surface area (Å²) < 4.78 is 0. The van der Waals surface area contributed by atoms with Crippen LogP contribution < -0.4 is 10.6 Å². The maximum Gasteiger partial charge on any atom is 0.241 e. The number of likely N-dealkylation sites (tertiary alicyclic amines) is 1. The maximum atomic E-state index is 12.5. The fraction of sp³-hybridized carbons (Fsp3) is 0.333. The highest BCUT2D eigenvalue weighted by Gasteiger charge is 2.30. The molecule has 6 nitrogen and oxygen atoms in total. The molecule has 3 rings (SSSR count). The first-order valence-electron chi connectivity index (χ1n) is 9.23. The van der Waals surface area contributed by atoms with Crippen molar-refractivity contribution in [3.63, 3.8) is 0 Å². The number of hydrogen-bond donors (Lipinski definition) is 3. The van der Waals surface area contributed by atoms with E-state index in [9.17, 15) is 14.7 Å². The van der Waals surface area contributed by atoms with Crippen LogP contribution in [0.15, 0.2) is 54.6 Å². The van der Waals surface area contributed by atoms with Crippen molar-refractivity contribution < 1.29 is 14.7 Å². The monoisotopic (exact) mass is 367 g/mol. The molecule has 0 aromatic heterocycles. The van der Waals surface area contributed by atoms with Crippen LogP contribution in [0.5, 0.6) is 5.75 Å². The van der Waals surface area contributed by atoms with E-state index in [2.05, 4.69) is 15.5 Å². The maximum absolute atomic E-state index is 12.5. The van der Waals surface area contributed by atoms with Crippen molar-refractivity contribution >= 4 is 23.2 Å². The van der Waals surface area contributed by atoms with Crippen LogP contribution in [0.25, 0.3) is 0 Å². The SMILES string of the molecule is CC(C(=O)Nc1ccccc1)N1CCC(C(=O)Nc2ccccc2O)CC1. The molecule has 0 radical (unpaired) electrons. The zero-order valence-corrected chi connectivity index (χ0v) is 15.4. The van der Waals surface area contributed by atoms with E-state index >= 15 is 0 Å². The molecule has 1 heterocycles. The average Bonchev–Trinajstić information content (AvgIpc) is 2.70. The van der Waals surface area contributed by atoms with Crippen molar-refractivity contribution in [2.24, 2.45) is 5.92 Å². The molecule has 3 N–H and O–H groups in total. The number of carbonyl (C=O) groups is 2. The molecule has 1 aliphatic heterocycles. The Bertz CT molecular complexity index is 786. The number of nitrogens with zero attached hydrogens (tertiary/aromatic N) is 1. The van der Waals surface area contributed by atoms with Gasteiger partial charge < -0.3 is 15.7 Å². The lowest BCUT2D eigenvalue weighted by Gasteiger charge is -2.34. The van der Waals surface area contributed by atoms with Crippen molar-refractivity contribution in [3.05, 3.63) is 54.6 Å². The van der Waals surface area contributed by atoms with Gasteiger partial charge in [0, 0.05) is 11.6 Å². The Balaban J connectivity index is 1.50. The van der Waals surface area contributed by atoms with Crippen molar-refractivity contribution in [2.75, 3.05) is 23.7 Å². The molecule has 0 spiro atoms. The molecule has 1 unspecified atom stereocenters. The van der Waals surface area contributed by atoms with Crippen LogP contribution in [0.2, 0.25) is 0 Å². The van der Waals surface area contributed by atoms with E-state index in [1.165, 1.54) is 0 Å². The first-order valence-corrected chi connectivity index (χ1v) is 9.23. The number of para-hydroxylation sites is 3. The molecule has 1 atom stereocenters.